The molecule has 0 radical (unpaired) electrons. The fraction of sp³-hybridized carbons (Fsp3) is 0.300. The Balaban J connectivity index is 2.62. The van der Waals surface area contributed by atoms with Gasteiger partial charge in [0.1, 0.15) is 0 Å². The molecule has 0 aliphatic rings. The van der Waals surface area contributed by atoms with Crippen LogP contribution in [0.5, 0.6) is 0 Å². The average Bonchev–Trinajstić information content (AvgIpc) is 2.55. The molecule has 2 heteroatoms. The van der Waals surface area contributed by atoms with E-state index in [1.165, 1.54) is 5.56 Å². The number of hydrogen-bond acceptors (Lipinski definition) is 2. The molecule has 2 aromatic carbocycles. The summed E-state index contributed by atoms with van der Waals surface area (Å²) in [5.74, 6) is 0.0126. The van der Waals surface area contributed by atoms with Crippen LogP contribution in [0.4, 0.5) is 0 Å². The van der Waals surface area contributed by atoms with Gasteiger partial charge in [0.15, 0.2) is 12.1 Å². The maximum absolute atomic E-state index is 12.0. The van der Waals surface area contributed by atoms with E-state index in [1.54, 1.807) is 0 Å². The van der Waals surface area contributed by atoms with Crippen LogP contribution in [0.2, 0.25) is 0 Å². The molecule has 0 amide bonds. The van der Waals surface area contributed by atoms with Crippen LogP contribution in [0.1, 0.15) is 58.5 Å². The van der Waals surface area contributed by atoms with Crippen molar-refractivity contribution in [3.8, 4) is 11.1 Å². The van der Waals surface area contributed by atoms with Crippen molar-refractivity contribution < 1.29 is 9.59 Å². The summed E-state index contributed by atoms with van der Waals surface area (Å²) in [6.07, 6.45) is 3.27. The van der Waals surface area contributed by atoms with E-state index in [-0.39, 0.29) is 5.78 Å². The normalized spacial score (nSPS) is 10.5. The van der Waals surface area contributed by atoms with Crippen LogP contribution in [-0.2, 0) is 6.42 Å². The van der Waals surface area contributed by atoms with Crippen molar-refractivity contribution in [3.05, 3.63) is 58.7 Å². The first-order valence-electron chi connectivity index (χ1n) is 7.83. The second-order valence-corrected chi connectivity index (χ2v) is 5.56. The standard InChI is InChI=1S/C20H22O2/c1-4-8-15-9-6-7-10-17(15)18-12-16(13-21)19(11-14(18)3)20(22)5-2/h6-7,9-13H,4-5,8H2,1-3H3. The second-order valence-electron chi connectivity index (χ2n) is 5.56. The predicted octanol–water partition coefficient (Wildman–Crippen LogP) is 5.02. The molecule has 0 unspecified atom stereocenters. The minimum atomic E-state index is 0.0126. The molecule has 2 aromatic rings. The Hall–Kier alpha value is -2.22. The fourth-order valence-electron chi connectivity index (χ4n) is 2.81. The number of rotatable bonds is 6. The number of ketones is 1. The van der Waals surface area contributed by atoms with Crippen LogP contribution in [0, 0.1) is 6.92 Å². The van der Waals surface area contributed by atoms with Crippen molar-refractivity contribution >= 4 is 12.1 Å². The largest absolute Gasteiger partial charge is 0.298 e. The summed E-state index contributed by atoms with van der Waals surface area (Å²) in [5, 5.41) is 0. The monoisotopic (exact) mass is 294 g/mol. The van der Waals surface area contributed by atoms with Crippen molar-refractivity contribution in [3.63, 3.8) is 0 Å². The first-order chi connectivity index (χ1) is 10.6. The molecule has 2 nitrogen and oxygen atoms in total. The topological polar surface area (TPSA) is 34.1 Å². The van der Waals surface area contributed by atoms with E-state index in [9.17, 15) is 9.59 Å². The summed E-state index contributed by atoms with van der Waals surface area (Å²) in [6.45, 7) is 5.97. The van der Waals surface area contributed by atoms with E-state index in [2.05, 4.69) is 19.1 Å². The molecule has 0 aliphatic heterocycles. The zero-order chi connectivity index (χ0) is 16.1. The Morgan fingerprint density at radius 3 is 2.45 bits per heavy atom. The molecular weight excluding hydrogens is 272 g/mol. The lowest BCUT2D eigenvalue weighted by atomic mass is 9.89. The van der Waals surface area contributed by atoms with Crippen molar-refractivity contribution in [2.75, 3.05) is 0 Å². The summed E-state index contributed by atoms with van der Waals surface area (Å²) < 4.78 is 0. The van der Waals surface area contributed by atoms with E-state index >= 15 is 0 Å². The Morgan fingerprint density at radius 2 is 1.82 bits per heavy atom. The van der Waals surface area contributed by atoms with Gasteiger partial charge in [-0.2, -0.15) is 0 Å². The molecule has 0 heterocycles. The molecule has 0 bridgehead atoms. The van der Waals surface area contributed by atoms with Crippen LogP contribution < -0.4 is 0 Å². The Bertz CT molecular complexity index is 699. The zero-order valence-electron chi connectivity index (χ0n) is 13.5. The van der Waals surface area contributed by atoms with E-state index in [0.29, 0.717) is 17.5 Å². The summed E-state index contributed by atoms with van der Waals surface area (Å²) in [4.78, 5) is 23.4. The molecule has 2 rings (SSSR count). The van der Waals surface area contributed by atoms with Crippen molar-refractivity contribution in [2.24, 2.45) is 0 Å². The first kappa shape index (κ1) is 16.2. The smallest absolute Gasteiger partial charge is 0.163 e. The van der Waals surface area contributed by atoms with Crippen LogP contribution >= 0.6 is 0 Å². The molecule has 0 spiro atoms. The second kappa shape index (κ2) is 7.17. The molecule has 0 saturated heterocycles. The van der Waals surface area contributed by atoms with Crippen molar-refractivity contribution in [1.29, 1.82) is 0 Å². The third-order valence-corrected chi connectivity index (χ3v) is 3.97. The minimum absolute atomic E-state index is 0.0126. The van der Waals surface area contributed by atoms with Gasteiger partial charge in [0.25, 0.3) is 0 Å². The van der Waals surface area contributed by atoms with Crippen LogP contribution in [0.3, 0.4) is 0 Å². The fourth-order valence-corrected chi connectivity index (χ4v) is 2.81. The van der Waals surface area contributed by atoms with Gasteiger partial charge >= 0.3 is 0 Å². The first-order valence-corrected chi connectivity index (χ1v) is 7.83. The van der Waals surface area contributed by atoms with Gasteiger partial charge in [-0.25, -0.2) is 0 Å². The molecule has 0 aromatic heterocycles. The lowest BCUT2D eigenvalue weighted by Gasteiger charge is -2.14. The van der Waals surface area contributed by atoms with Gasteiger partial charge in [-0.05, 0) is 47.7 Å². The van der Waals surface area contributed by atoms with Crippen molar-refractivity contribution in [2.45, 2.75) is 40.0 Å². The molecule has 114 valence electrons. The molecule has 0 aliphatic carbocycles. The van der Waals surface area contributed by atoms with Crippen LogP contribution in [0.15, 0.2) is 36.4 Å². The maximum Gasteiger partial charge on any atom is 0.163 e. The van der Waals surface area contributed by atoms with Gasteiger partial charge in [0, 0.05) is 17.5 Å². The minimum Gasteiger partial charge on any atom is -0.298 e. The highest BCUT2D eigenvalue weighted by Gasteiger charge is 2.14. The number of carbonyl (C=O) groups excluding carboxylic acids is 2. The van der Waals surface area contributed by atoms with E-state index in [0.717, 1.165) is 35.8 Å². The summed E-state index contributed by atoms with van der Waals surface area (Å²) in [7, 11) is 0. The number of carbonyl (C=O) groups is 2. The molecule has 22 heavy (non-hydrogen) atoms. The Morgan fingerprint density at radius 1 is 1.09 bits per heavy atom. The molecule has 0 saturated carbocycles. The quantitative estimate of drug-likeness (QED) is 0.553. The predicted molar refractivity (Wildman–Crippen MR) is 90.6 cm³/mol. The summed E-state index contributed by atoms with van der Waals surface area (Å²) in [6, 6.07) is 12.0. The van der Waals surface area contributed by atoms with Crippen LogP contribution in [-0.4, -0.2) is 12.1 Å². The lowest BCUT2D eigenvalue weighted by Crippen LogP contribution is -2.04. The molecule has 0 fully saturated rings. The SMILES string of the molecule is CCCc1ccccc1-c1cc(C=O)c(C(=O)CC)cc1C. The zero-order valence-corrected chi connectivity index (χ0v) is 13.5. The summed E-state index contributed by atoms with van der Waals surface area (Å²) in [5.41, 5.74) is 5.52. The number of aldehydes is 1. The molecule has 0 atom stereocenters. The third-order valence-electron chi connectivity index (χ3n) is 3.97. The van der Waals surface area contributed by atoms with Gasteiger partial charge in [0.2, 0.25) is 0 Å². The lowest BCUT2D eigenvalue weighted by molar-refractivity contribution is 0.0981. The van der Waals surface area contributed by atoms with Gasteiger partial charge in [-0.1, -0.05) is 44.5 Å². The van der Waals surface area contributed by atoms with Gasteiger partial charge < -0.3 is 0 Å². The Labute approximate surface area is 132 Å². The van der Waals surface area contributed by atoms with Gasteiger partial charge in [0.05, 0.1) is 0 Å². The highest BCUT2D eigenvalue weighted by molar-refractivity contribution is 6.03. The highest BCUT2D eigenvalue weighted by atomic mass is 16.1. The third kappa shape index (κ3) is 3.16. The van der Waals surface area contributed by atoms with Crippen LogP contribution in [0.25, 0.3) is 11.1 Å². The highest BCUT2D eigenvalue weighted by Crippen LogP contribution is 2.30. The molecular formula is C20H22O2. The van der Waals surface area contributed by atoms with Crippen molar-refractivity contribution in [1.82, 2.24) is 0 Å². The molecule has 0 N–H and O–H groups in total. The van der Waals surface area contributed by atoms with E-state index in [4.69, 9.17) is 0 Å². The number of benzene rings is 2. The Kier molecular flexibility index (Phi) is 5.26. The van der Waals surface area contributed by atoms with E-state index < -0.39 is 0 Å². The van der Waals surface area contributed by atoms with Gasteiger partial charge in [-0.15, -0.1) is 0 Å². The number of Topliss-reactive ketones (excluding diaryl/α,β-unsaturated/α-hetero) is 1. The maximum atomic E-state index is 12.0. The van der Waals surface area contributed by atoms with Gasteiger partial charge in [-0.3, -0.25) is 9.59 Å². The average molecular weight is 294 g/mol. The summed E-state index contributed by atoms with van der Waals surface area (Å²) >= 11 is 0. The number of hydrogen-bond donors (Lipinski definition) is 0. The number of aryl methyl sites for hydroxylation is 2. The van der Waals surface area contributed by atoms with E-state index in [1.807, 2.05) is 38.1 Å².